The molecule has 1 amide bonds. The first kappa shape index (κ1) is 18.2. The summed E-state index contributed by atoms with van der Waals surface area (Å²) >= 11 is 3.31. The summed E-state index contributed by atoms with van der Waals surface area (Å²) in [4.78, 5) is 24.1. The maximum atomic E-state index is 12.0. The second kappa shape index (κ2) is 8.61. The Morgan fingerprint density at radius 3 is 2.33 bits per heavy atom. The average molecular weight is 391 g/mol. The summed E-state index contributed by atoms with van der Waals surface area (Å²) in [6, 6.07) is 13.6. The number of nitrogens with two attached hydrogens (primary N) is 1. The van der Waals surface area contributed by atoms with Crippen molar-refractivity contribution >= 4 is 27.6 Å². The minimum atomic E-state index is -0.712. The number of amides is 1. The molecule has 24 heavy (non-hydrogen) atoms. The predicted octanol–water partition coefficient (Wildman–Crippen LogP) is 2.33. The molecule has 0 spiro atoms. The summed E-state index contributed by atoms with van der Waals surface area (Å²) in [5, 5.41) is 2.59. The van der Waals surface area contributed by atoms with Gasteiger partial charge in [-0.25, -0.2) is 0 Å². The van der Waals surface area contributed by atoms with Crippen molar-refractivity contribution in [1.29, 1.82) is 0 Å². The van der Waals surface area contributed by atoms with Crippen LogP contribution in [0.3, 0.4) is 0 Å². The van der Waals surface area contributed by atoms with E-state index >= 15 is 0 Å². The number of hydrogen-bond donors (Lipinski definition) is 2. The zero-order valence-corrected chi connectivity index (χ0v) is 14.9. The van der Waals surface area contributed by atoms with Gasteiger partial charge >= 0.3 is 0 Å². The van der Waals surface area contributed by atoms with E-state index in [2.05, 4.69) is 21.2 Å². The van der Waals surface area contributed by atoms with E-state index in [0.29, 0.717) is 12.0 Å². The summed E-state index contributed by atoms with van der Waals surface area (Å²) in [5.41, 5.74) is 7.38. The highest BCUT2D eigenvalue weighted by atomic mass is 79.9. The number of carbonyl (C=O) groups excluding carboxylic acids is 2. The Kier molecular flexibility index (Phi) is 6.52. The molecule has 0 aliphatic rings. The molecule has 0 heterocycles. The average Bonchev–Trinajstić information content (AvgIpc) is 2.60. The van der Waals surface area contributed by atoms with E-state index in [1.807, 2.05) is 24.3 Å². The molecule has 0 saturated carbocycles. The summed E-state index contributed by atoms with van der Waals surface area (Å²) in [5.74, 6) is 0.237. The summed E-state index contributed by atoms with van der Waals surface area (Å²) < 4.78 is 5.98. The molecule has 6 heteroatoms. The number of hydrogen-bond acceptors (Lipinski definition) is 4. The molecule has 2 rings (SSSR count). The van der Waals surface area contributed by atoms with Crippen LogP contribution in [0.15, 0.2) is 53.0 Å². The van der Waals surface area contributed by atoms with Crippen LogP contribution in [-0.4, -0.2) is 31.4 Å². The fraction of sp³-hybridized carbons (Fsp3) is 0.222. The first-order chi connectivity index (χ1) is 11.5. The van der Waals surface area contributed by atoms with Crippen molar-refractivity contribution < 1.29 is 14.3 Å². The molecule has 0 aromatic heterocycles. The van der Waals surface area contributed by atoms with Crippen LogP contribution in [0.4, 0.5) is 0 Å². The fourth-order valence-electron chi connectivity index (χ4n) is 2.14. The molecule has 0 unspecified atom stereocenters. The summed E-state index contributed by atoms with van der Waals surface area (Å²) in [7, 11) is 1.59. The third kappa shape index (κ3) is 5.18. The molecule has 5 nitrogen and oxygen atoms in total. The van der Waals surface area contributed by atoms with Crippen molar-refractivity contribution in [3.63, 3.8) is 0 Å². The molecule has 3 N–H and O–H groups in total. The van der Waals surface area contributed by atoms with Crippen molar-refractivity contribution in [2.24, 2.45) is 5.73 Å². The quantitative estimate of drug-likeness (QED) is 0.710. The molecule has 0 aliphatic carbocycles. The van der Waals surface area contributed by atoms with Crippen molar-refractivity contribution in [1.82, 2.24) is 5.32 Å². The third-order valence-corrected chi connectivity index (χ3v) is 4.07. The minimum Gasteiger partial charge on any atom is -0.497 e. The lowest BCUT2D eigenvalue weighted by atomic mass is 10.1. The number of ketones is 1. The molecule has 0 aliphatic heterocycles. The van der Waals surface area contributed by atoms with Gasteiger partial charge in [-0.15, -0.1) is 0 Å². The SMILES string of the molecule is COc1ccc(C[C@H](N)C(=O)NCC(=O)c2ccc(Br)cc2)cc1. The number of Topliss-reactive ketones (excluding diaryl/α,β-unsaturated/α-hetero) is 1. The fourth-order valence-corrected chi connectivity index (χ4v) is 2.41. The number of nitrogens with one attached hydrogen (secondary N) is 1. The third-order valence-electron chi connectivity index (χ3n) is 3.54. The Labute approximate surface area is 149 Å². The Morgan fingerprint density at radius 2 is 1.75 bits per heavy atom. The van der Waals surface area contributed by atoms with Crippen LogP contribution in [0.2, 0.25) is 0 Å². The van der Waals surface area contributed by atoms with Crippen LogP contribution in [0.1, 0.15) is 15.9 Å². The Morgan fingerprint density at radius 1 is 1.12 bits per heavy atom. The van der Waals surface area contributed by atoms with Gasteiger partial charge in [0.25, 0.3) is 0 Å². The van der Waals surface area contributed by atoms with Crippen LogP contribution in [0.25, 0.3) is 0 Å². The van der Waals surface area contributed by atoms with Gasteiger partial charge in [0.05, 0.1) is 19.7 Å². The highest BCUT2D eigenvalue weighted by Crippen LogP contribution is 2.13. The second-order valence-corrected chi connectivity index (χ2v) is 6.22. The van der Waals surface area contributed by atoms with Gasteiger partial charge in [-0.3, -0.25) is 9.59 Å². The molecule has 2 aromatic carbocycles. The van der Waals surface area contributed by atoms with Gasteiger partial charge in [-0.2, -0.15) is 0 Å². The lowest BCUT2D eigenvalue weighted by Gasteiger charge is -2.12. The van der Waals surface area contributed by atoms with Gasteiger partial charge in [0.15, 0.2) is 5.78 Å². The number of halogens is 1. The van der Waals surface area contributed by atoms with E-state index in [1.165, 1.54) is 0 Å². The van der Waals surface area contributed by atoms with Gasteiger partial charge in [0.2, 0.25) is 5.91 Å². The zero-order chi connectivity index (χ0) is 17.5. The molecule has 126 valence electrons. The molecule has 1 atom stereocenters. The van der Waals surface area contributed by atoms with Crippen molar-refractivity contribution in [2.75, 3.05) is 13.7 Å². The molecule has 0 radical (unpaired) electrons. The van der Waals surface area contributed by atoms with E-state index in [0.717, 1.165) is 15.8 Å². The van der Waals surface area contributed by atoms with Gasteiger partial charge in [0.1, 0.15) is 5.75 Å². The monoisotopic (exact) mass is 390 g/mol. The number of ether oxygens (including phenoxy) is 1. The zero-order valence-electron chi connectivity index (χ0n) is 13.3. The number of benzene rings is 2. The number of rotatable bonds is 7. The normalized spacial score (nSPS) is 11.6. The molecular weight excluding hydrogens is 372 g/mol. The smallest absolute Gasteiger partial charge is 0.237 e. The van der Waals surface area contributed by atoms with Gasteiger partial charge in [-0.1, -0.05) is 40.2 Å². The lowest BCUT2D eigenvalue weighted by Crippen LogP contribution is -2.43. The number of methoxy groups -OCH3 is 1. The first-order valence-corrected chi connectivity index (χ1v) is 8.24. The van der Waals surface area contributed by atoms with Gasteiger partial charge in [-0.05, 0) is 36.2 Å². The van der Waals surface area contributed by atoms with Crippen LogP contribution in [-0.2, 0) is 11.2 Å². The highest BCUT2D eigenvalue weighted by molar-refractivity contribution is 9.10. The topological polar surface area (TPSA) is 81.4 Å². The highest BCUT2D eigenvalue weighted by Gasteiger charge is 2.15. The Bertz CT molecular complexity index is 699. The molecule has 0 saturated heterocycles. The standard InChI is InChI=1S/C18H19BrN2O3/c1-24-15-8-2-12(3-9-15)10-16(20)18(23)21-11-17(22)13-4-6-14(19)7-5-13/h2-9,16H,10-11,20H2,1H3,(H,21,23)/t16-/m0/s1. The van der Waals surface area contributed by atoms with Gasteiger partial charge < -0.3 is 15.8 Å². The van der Waals surface area contributed by atoms with Gasteiger partial charge in [0, 0.05) is 10.0 Å². The van der Waals surface area contributed by atoms with Crippen LogP contribution in [0, 0.1) is 0 Å². The van der Waals surface area contributed by atoms with Crippen LogP contribution in [0.5, 0.6) is 5.75 Å². The second-order valence-electron chi connectivity index (χ2n) is 5.31. The van der Waals surface area contributed by atoms with E-state index in [-0.39, 0.29) is 18.2 Å². The number of carbonyl (C=O) groups is 2. The predicted molar refractivity (Wildman–Crippen MR) is 96.2 cm³/mol. The van der Waals surface area contributed by atoms with E-state index in [9.17, 15) is 9.59 Å². The van der Waals surface area contributed by atoms with E-state index < -0.39 is 6.04 Å². The maximum Gasteiger partial charge on any atom is 0.237 e. The van der Waals surface area contributed by atoms with Crippen LogP contribution < -0.4 is 15.8 Å². The Hall–Kier alpha value is -2.18. The molecule has 0 bridgehead atoms. The Balaban J connectivity index is 1.84. The summed E-state index contributed by atoms with van der Waals surface area (Å²) in [6.45, 7) is -0.0726. The molecule has 0 fully saturated rings. The first-order valence-electron chi connectivity index (χ1n) is 7.44. The van der Waals surface area contributed by atoms with Crippen molar-refractivity contribution in [3.05, 3.63) is 64.1 Å². The minimum absolute atomic E-state index is 0.0726. The largest absolute Gasteiger partial charge is 0.497 e. The lowest BCUT2D eigenvalue weighted by molar-refractivity contribution is -0.122. The molecular formula is C18H19BrN2O3. The van der Waals surface area contributed by atoms with Crippen LogP contribution >= 0.6 is 15.9 Å². The van der Waals surface area contributed by atoms with Crippen molar-refractivity contribution in [3.8, 4) is 5.75 Å². The maximum absolute atomic E-state index is 12.0. The van der Waals surface area contributed by atoms with E-state index in [4.69, 9.17) is 10.5 Å². The molecule has 2 aromatic rings. The van der Waals surface area contributed by atoms with Crippen molar-refractivity contribution in [2.45, 2.75) is 12.5 Å². The van der Waals surface area contributed by atoms with E-state index in [1.54, 1.807) is 31.4 Å². The summed E-state index contributed by atoms with van der Waals surface area (Å²) in [6.07, 6.45) is 0.391.